The van der Waals surface area contributed by atoms with Gasteiger partial charge in [0.15, 0.2) is 11.5 Å². The Morgan fingerprint density at radius 3 is 2.41 bits per heavy atom. The minimum atomic E-state index is -0.585. The third-order valence-electron chi connectivity index (χ3n) is 4.40. The fourth-order valence-corrected chi connectivity index (χ4v) is 3.01. The molecule has 156 valence electrons. The van der Waals surface area contributed by atoms with Crippen LogP contribution >= 0.6 is 11.6 Å². The van der Waals surface area contributed by atoms with E-state index in [9.17, 15) is 14.7 Å². The van der Waals surface area contributed by atoms with Gasteiger partial charge in [-0.15, -0.1) is 0 Å². The maximum absolute atomic E-state index is 12.5. The van der Waals surface area contributed by atoms with Gasteiger partial charge in [0.05, 0.1) is 38.8 Å². The number of amides is 1. The molecule has 7 nitrogen and oxygen atoms in total. The molecule has 0 aliphatic rings. The molecule has 0 saturated carbocycles. The van der Waals surface area contributed by atoms with Crippen LogP contribution in [0.1, 0.15) is 30.0 Å². The number of halogens is 1. The minimum absolute atomic E-state index is 0.00790. The molecule has 0 saturated heterocycles. The molecule has 0 unspecified atom stereocenters. The highest BCUT2D eigenvalue weighted by molar-refractivity contribution is 6.32. The molecule has 8 heteroatoms. The molecule has 0 radical (unpaired) electrons. The SMILES string of the molecule is COC(=O)C[C@H](NC(=O)CCc1ccc(O)c(Cl)c1)c1ccc(OC)c(OC)c1. The third-order valence-corrected chi connectivity index (χ3v) is 4.70. The van der Waals surface area contributed by atoms with E-state index in [-0.39, 0.29) is 29.5 Å². The number of aryl methyl sites for hydroxylation is 1. The average Bonchev–Trinajstić information content (AvgIpc) is 2.73. The second-order valence-corrected chi connectivity index (χ2v) is 6.71. The highest BCUT2D eigenvalue weighted by Gasteiger charge is 2.20. The van der Waals surface area contributed by atoms with Crippen LogP contribution in [0.2, 0.25) is 5.02 Å². The quantitative estimate of drug-likeness (QED) is 0.602. The van der Waals surface area contributed by atoms with Crippen LogP contribution < -0.4 is 14.8 Å². The molecule has 1 atom stereocenters. The predicted octanol–water partition coefficient (Wildman–Crippen LogP) is 3.42. The Morgan fingerprint density at radius 2 is 1.79 bits per heavy atom. The van der Waals surface area contributed by atoms with Crippen molar-refractivity contribution in [3.05, 3.63) is 52.5 Å². The van der Waals surface area contributed by atoms with E-state index < -0.39 is 12.0 Å². The summed E-state index contributed by atoms with van der Waals surface area (Å²) in [4.78, 5) is 24.3. The van der Waals surface area contributed by atoms with Crippen LogP contribution in [0.25, 0.3) is 0 Å². The molecule has 0 spiro atoms. The van der Waals surface area contributed by atoms with Gasteiger partial charge >= 0.3 is 5.97 Å². The molecule has 2 aromatic carbocycles. The first-order valence-corrected chi connectivity index (χ1v) is 9.31. The molecule has 0 heterocycles. The van der Waals surface area contributed by atoms with Crippen molar-refractivity contribution in [1.82, 2.24) is 5.32 Å². The number of esters is 1. The van der Waals surface area contributed by atoms with Gasteiger partial charge in [-0.2, -0.15) is 0 Å². The summed E-state index contributed by atoms with van der Waals surface area (Å²) in [5.74, 6) is 0.344. The van der Waals surface area contributed by atoms with Crippen molar-refractivity contribution in [2.45, 2.75) is 25.3 Å². The number of rotatable bonds is 9. The highest BCUT2D eigenvalue weighted by atomic mass is 35.5. The molecule has 2 aromatic rings. The van der Waals surface area contributed by atoms with Crippen LogP contribution in [0, 0.1) is 0 Å². The van der Waals surface area contributed by atoms with Crippen molar-refractivity contribution >= 4 is 23.5 Å². The zero-order valence-electron chi connectivity index (χ0n) is 16.5. The number of methoxy groups -OCH3 is 3. The number of benzene rings is 2. The molecule has 29 heavy (non-hydrogen) atoms. The first kappa shape index (κ1) is 22.4. The van der Waals surface area contributed by atoms with E-state index in [1.807, 2.05) is 0 Å². The summed E-state index contributed by atoms with van der Waals surface area (Å²) in [5, 5.41) is 12.6. The van der Waals surface area contributed by atoms with E-state index in [1.54, 1.807) is 30.3 Å². The molecule has 0 fully saturated rings. The lowest BCUT2D eigenvalue weighted by molar-refractivity contribution is -0.141. The lowest BCUT2D eigenvalue weighted by atomic mass is 10.0. The topological polar surface area (TPSA) is 94.1 Å². The van der Waals surface area contributed by atoms with Crippen molar-refractivity contribution in [2.24, 2.45) is 0 Å². The fourth-order valence-electron chi connectivity index (χ4n) is 2.80. The van der Waals surface area contributed by atoms with Gasteiger partial charge in [0.25, 0.3) is 0 Å². The molecule has 1 amide bonds. The number of aromatic hydroxyl groups is 1. The molecule has 0 bridgehead atoms. The van der Waals surface area contributed by atoms with Crippen LogP contribution in [0.15, 0.2) is 36.4 Å². The number of hydrogen-bond acceptors (Lipinski definition) is 6. The van der Waals surface area contributed by atoms with Gasteiger partial charge in [-0.25, -0.2) is 0 Å². The molecule has 0 aromatic heterocycles. The van der Waals surface area contributed by atoms with Gasteiger partial charge in [0.2, 0.25) is 5.91 Å². The smallest absolute Gasteiger partial charge is 0.307 e. The Kier molecular flexibility index (Phi) is 8.15. The number of ether oxygens (including phenoxy) is 3. The zero-order valence-corrected chi connectivity index (χ0v) is 17.3. The summed E-state index contributed by atoms with van der Waals surface area (Å²) in [6.07, 6.45) is 0.595. The van der Waals surface area contributed by atoms with Crippen LogP contribution in [0.4, 0.5) is 0 Å². The Hall–Kier alpha value is -2.93. The van der Waals surface area contributed by atoms with E-state index in [4.69, 9.17) is 25.8 Å². The van der Waals surface area contributed by atoms with E-state index in [0.717, 1.165) is 5.56 Å². The van der Waals surface area contributed by atoms with Crippen molar-refractivity contribution in [2.75, 3.05) is 21.3 Å². The van der Waals surface area contributed by atoms with E-state index in [1.165, 1.54) is 27.4 Å². The standard InChI is InChI=1S/C21H24ClNO6/c1-27-18-8-6-14(11-19(18)28-2)16(12-21(26)29-3)23-20(25)9-5-13-4-7-17(24)15(22)10-13/h4,6-8,10-11,16,24H,5,9,12H2,1-3H3,(H,23,25)/t16-/m0/s1. The summed E-state index contributed by atoms with van der Waals surface area (Å²) in [5.41, 5.74) is 1.51. The number of nitrogens with one attached hydrogen (secondary N) is 1. The van der Waals surface area contributed by atoms with Gasteiger partial charge in [0.1, 0.15) is 5.75 Å². The van der Waals surface area contributed by atoms with Gasteiger partial charge < -0.3 is 24.6 Å². The largest absolute Gasteiger partial charge is 0.506 e. The van der Waals surface area contributed by atoms with Crippen molar-refractivity contribution in [3.8, 4) is 17.2 Å². The highest BCUT2D eigenvalue weighted by Crippen LogP contribution is 2.31. The van der Waals surface area contributed by atoms with Gasteiger partial charge in [-0.3, -0.25) is 9.59 Å². The second-order valence-electron chi connectivity index (χ2n) is 6.30. The van der Waals surface area contributed by atoms with Crippen molar-refractivity contribution in [1.29, 1.82) is 0 Å². The number of carbonyl (C=O) groups excluding carboxylic acids is 2. The third kappa shape index (κ3) is 6.29. The van der Waals surface area contributed by atoms with E-state index in [0.29, 0.717) is 23.5 Å². The van der Waals surface area contributed by atoms with E-state index in [2.05, 4.69) is 5.32 Å². The Labute approximate surface area is 174 Å². The minimum Gasteiger partial charge on any atom is -0.506 e. The Bertz CT molecular complexity index is 870. The summed E-state index contributed by atoms with van der Waals surface area (Å²) in [6.45, 7) is 0. The van der Waals surface area contributed by atoms with Crippen LogP contribution in [-0.4, -0.2) is 38.3 Å². The number of hydrogen-bond donors (Lipinski definition) is 2. The maximum atomic E-state index is 12.5. The zero-order chi connectivity index (χ0) is 21.4. The van der Waals surface area contributed by atoms with Crippen LogP contribution in [0.5, 0.6) is 17.2 Å². The van der Waals surface area contributed by atoms with Crippen molar-refractivity contribution < 1.29 is 28.9 Å². The molecule has 2 rings (SSSR count). The first-order valence-electron chi connectivity index (χ1n) is 8.93. The lowest BCUT2D eigenvalue weighted by Crippen LogP contribution is -2.30. The molecule has 0 aliphatic carbocycles. The van der Waals surface area contributed by atoms with Gasteiger partial charge in [-0.1, -0.05) is 23.7 Å². The fraction of sp³-hybridized carbons (Fsp3) is 0.333. The maximum Gasteiger partial charge on any atom is 0.307 e. The van der Waals surface area contributed by atoms with Crippen LogP contribution in [-0.2, 0) is 20.7 Å². The number of carbonyl (C=O) groups is 2. The van der Waals surface area contributed by atoms with Gasteiger partial charge in [-0.05, 0) is 41.8 Å². The summed E-state index contributed by atoms with van der Waals surface area (Å²) >= 11 is 5.90. The molecule has 2 N–H and O–H groups in total. The lowest BCUT2D eigenvalue weighted by Gasteiger charge is -2.20. The summed E-state index contributed by atoms with van der Waals surface area (Å²) < 4.78 is 15.3. The monoisotopic (exact) mass is 421 g/mol. The normalized spacial score (nSPS) is 11.4. The van der Waals surface area contributed by atoms with Crippen molar-refractivity contribution in [3.63, 3.8) is 0 Å². The van der Waals surface area contributed by atoms with Crippen LogP contribution in [0.3, 0.4) is 0 Å². The predicted molar refractivity (Wildman–Crippen MR) is 109 cm³/mol. The molecular formula is C21H24ClNO6. The summed E-state index contributed by atoms with van der Waals surface area (Å²) in [7, 11) is 4.34. The first-order chi connectivity index (χ1) is 13.9. The second kappa shape index (κ2) is 10.6. The van der Waals surface area contributed by atoms with Gasteiger partial charge in [0, 0.05) is 6.42 Å². The number of phenols is 1. The van der Waals surface area contributed by atoms with E-state index >= 15 is 0 Å². The number of phenolic OH excluding ortho intramolecular Hbond substituents is 1. The molecular weight excluding hydrogens is 398 g/mol. The molecule has 0 aliphatic heterocycles. The summed E-state index contributed by atoms with van der Waals surface area (Å²) in [6, 6.07) is 9.40. The Morgan fingerprint density at radius 1 is 1.07 bits per heavy atom. The Balaban J connectivity index is 2.12. The average molecular weight is 422 g/mol.